The Morgan fingerprint density at radius 2 is 2.00 bits per heavy atom. The van der Waals surface area contributed by atoms with Crippen molar-refractivity contribution in [1.82, 2.24) is 5.32 Å². The minimum atomic E-state index is -1.20. The van der Waals surface area contributed by atoms with Crippen molar-refractivity contribution in [2.45, 2.75) is 20.3 Å². The molecule has 0 saturated heterocycles. The summed E-state index contributed by atoms with van der Waals surface area (Å²) in [5, 5.41) is 14.3. The van der Waals surface area contributed by atoms with Crippen LogP contribution in [0.4, 0.5) is 5.69 Å². The van der Waals surface area contributed by atoms with Crippen molar-refractivity contribution >= 4 is 35.1 Å². The van der Waals surface area contributed by atoms with Gasteiger partial charge >= 0.3 is 5.97 Å². The molecule has 0 fully saturated rings. The normalized spacial score (nSPS) is 11.6. The molecule has 0 aromatic heterocycles. The minimum Gasteiger partial charge on any atom is -0.481 e. The van der Waals surface area contributed by atoms with Crippen molar-refractivity contribution in [2.75, 3.05) is 11.9 Å². The maximum absolute atomic E-state index is 11.7. The summed E-state index contributed by atoms with van der Waals surface area (Å²) in [4.78, 5) is 33.7. The van der Waals surface area contributed by atoms with E-state index in [1.165, 1.54) is 6.92 Å². The number of carboxylic acids is 1. The fourth-order valence-electron chi connectivity index (χ4n) is 1.52. The first kappa shape index (κ1) is 17.0. The molecule has 0 bridgehead atoms. The Hall–Kier alpha value is -2.08. The van der Waals surface area contributed by atoms with Crippen LogP contribution < -0.4 is 10.6 Å². The number of carbonyl (C=O) groups is 3. The Bertz CT molecular complexity index is 560. The van der Waals surface area contributed by atoms with Crippen LogP contribution in [0.1, 0.15) is 18.9 Å². The highest BCUT2D eigenvalue weighted by atomic mass is 35.5. The van der Waals surface area contributed by atoms with Crippen LogP contribution in [0.15, 0.2) is 18.2 Å². The second-order valence-corrected chi connectivity index (χ2v) is 4.97. The molecular formula is C14H17ClN2O4. The summed E-state index contributed by atoms with van der Waals surface area (Å²) in [5.74, 6) is -3.24. The van der Waals surface area contributed by atoms with Gasteiger partial charge < -0.3 is 15.7 Å². The van der Waals surface area contributed by atoms with Gasteiger partial charge in [0, 0.05) is 23.7 Å². The second-order valence-electron chi connectivity index (χ2n) is 4.56. The zero-order valence-electron chi connectivity index (χ0n) is 11.8. The van der Waals surface area contributed by atoms with Crippen LogP contribution in [0, 0.1) is 12.8 Å². The van der Waals surface area contributed by atoms with Crippen LogP contribution in [0.25, 0.3) is 0 Å². The molecule has 2 amide bonds. The Balaban J connectivity index is 2.43. The van der Waals surface area contributed by atoms with Crippen LogP contribution in [0.5, 0.6) is 0 Å². The number of anilines is 1. The molecule has 0 saturated carbocycles. The van der Waals surface area contributed by atoms with Gasteiger partial charge in [-0.25, -0.2) is 0 Å². The maximum Gasteiger partial charge on any atom is 0.315 e. The van der Waals surface area contributed by atoms with Crippen LogP contribution in [0.3, 0.4) is 0 Å². The van der Waals surface area contributed by atoms with Crippen molar-refractivity contribution in [3.8, 4) is 0 Å². The third-order valence-electron chi connectivity index (χ3n) is 2.96. The lowest BCUT2D eigenvalue weighted by Crippen LogP contribution is -2.35. The van der Waals surface area contributed by atoms with Gasteiger partial charge in [-0.3, -0.25) is 14.4 Å². The highest BCUT2D eigenvalue weighted by Crippen LogP contribution is 2.22. The average molecular weight is 313 g/mol. The molecule has 114 valence electrons. The van der Waals surface area contributed by atoms with Gasteiger partial charge in [0.25, 0.3) is 0 Å². The number of benzene rings is 1. The second kappa shape index (κ2) is 7.64. The van der Waals surface area contributed by atoms with Gasteiger partial charge in [-0.2, -0.15) is 0 Å². The fraction of sp³-hybridized carbons (Fsp3) is 0.357. The average Bonchev–Trinajstić information content (AvgIpc) is 2.42. The van der Waals surface area contributed by atoms with Crippen molar-refractivity contribution in [3.05, 3.63) is 28.8 Å². The first-order valence-electron chi connectivity index (χ1n) is 6.38. The lowest BCUT2D eigenvalue weighted by molar-refractivity contribution is -0.146. The Morgan fingerprint density at radius 1 is 1.33 bits per heavy atom. The summed E-state index contributed by atoms with van der Waals surface area (Å²) >= 11 is 5.94. The highest BCUT2D eigenvalue weighted by molar-refractivity contribution is 6.31. The molecule has 6 nitrogen and oxygen atoms in total. The monoisotopic (exact) mass is 312 g/mol. The predicted octanol–water partition coefficient (Wildman–Crippen LogP) is 1.81. The molecule has 1 aromatic rings. The van der Waals surface area contributed by atoms with E-state index in [9.17, 15) is 14.4 Å². The number of aliphatic carboxylic acids is 1. The Morgan fingerprint density at radius 3 is 2.62 bits per heavy atom. The summed E-state index contributed by atoms with van der Waals surface area (Å²) in [6, 6.07) is 5.17. The van der Waals surface area contributed by atoms with Gasteiger partial charge in [0.1, 0.15) is 5.92 Å². The van der Waals surface area contributed by atoms with Crippen molar-refractivity contribution < 1.29 is 19.5 Å². The number of halogens is 1. The maximum atomic E-state index is 11.7. The summed E-state index contributed by atoms with van der Waals surface area (Å²) in [6.07, 6.45) is 0.0457. The molecule has 0 aliphatic heterocycles. The van der Waals surface area contributed by atoms with Gasteiger partial charge in [-0.15, -0.1) is 0 Å². The molecule has 7 heteroatoms. The van der Waals surface area contributed by atoms with E-state index in [4.69, 9.17) is 16.7 Å². The molecular weight excluding hydrogens is 296 g/mol. The molecule has 1 rings (SSSR count). The summed E-state index contributed by atoms with van der Waals surface area (Å²) in [6.45, 7) is 3.14. The molecule has 1 unspecified atom stereocenters. The number of carboxylic acid groups (broad SMARTS) is 1. The van der Waals surface area contributed by atoms with E-state index < -0.39 is 17.8 Å². The molecule has 0 aliphatic carbocycles. The topological polar surface area (TPSA) is 95.5 Å². The summed E-state index contributed by atoms with van der Waals surface area (Å²) in [7, 11) is 0. The van der Waals surface area contributed by atoms with E-state index in [2.05, 4.69) is 10.6 Å². The number of amides is 2. The van der Waals surface area contributed by atoms with Crippen molar-refractivity contribution in [3.63, 3.8) is 0 Å². The van der Waals surface area contributed by atoms with E-state index in [1.807, 2.05) is 0 Å². The number of nitrogens with one attached hydrogen (secondary N) is 2. The van der Waals surface area contributed by atoms with E-state index in [-0.39, 0.29) is 18.9 Å². The lowest BCUT2D eigenvalue weighted by Gasteiger charge is -2.10. The van der Waals surface area contributed by atoms with Gasteiger partial charge in [0.05, 0.1) is 0 Å². The van der Waals surface area contributed by atoms with Crippen molar-refractivity contribution in [2.24, 2.45) is 5.92 Å². The van der Waals surface area contributed by atoms with Gasteiger partial charge in [0.2, 0.25) is 11.8 Å². The minimum absolute atomic E-state index is 0.0457. The SMILES string of the molecule is Cc1c(Cl)cccc1NC(=O)CCNC(=O)C(C)C(=O)O. The molecule has 0 radical (unpaired) electrons. The van der Waals surface area contributed by atoms with Gasteiger partial charge in [-0.05, 0) is 31.5 Å². The number of hydrogen-bond acceptors (Lipinski definition) is 3. The smallest absolute Gasteiger partial charge is 0.315 e. The molecule has 1 aromatic carbocycles. The fourth-order valence-corrected chi connectivity index (χ4v) is 1.69. The third kappa shape index (κ3) is 5.07. The van der Waals surface area contributed by atoms with Gasteiger partial charge in [-0.1, -0.05) is 17.7 Å². The predicted molar refractivity (Wildman–Crippen MR) is 79.2 cm³/mol. The number of rotatable bonds is 6. The van der Waals surface area contributed by atoms with Crippen LogP contribution in [0.2, 0.25) is 5.02 Å². The largest absolute Gasteiger partial charge is 0.481 e. The van der Waals surface area contributed by atoms with E-state index >= 15 is 0 Å². The quantitative estimate of drug-likeness (QED) is 0.698. The van der Waals surface area contributed by atoms with Gasteiger partial charge in [0.15, 0.2) is 0 Å². The summed E-state index contributed by atoms with van der Waals surface area (Å²) < 4.78 is 0. The number of hydrogen-bond donors (Lipinski definition) is 3. The molecule has 0 heterocycles. The van der Waals surface area contributed by atoms with Crippen LogP contribution in [-0.2, 0) is 14.4 Å². The molecule has 3 N–H and O–H groups in total. The molecule has 0 aliphatic rings. The Kier molecular flexibility index (Phi) is 6.17. The number of carbonyl (C=O) groups excluding carboxylic acids is 2. The lowest BCUT2D eigenvalue weighted by atomic mass is 10.1. The van der Waals surface area contributed by atoms with E-state index in [0.717, 1.165) is 5.56 Å². The summed E-state index contributed by atoms with van der Waals surface area (Å²) in [5.41, 5.74) is 1.37. The molecule has 21 heavy (non-hydrogen) atoms. The zero-order valence-corrected chi connectivity index (χ0v) is 12.5. The standard InChI is InChI=1S/C14H17ClN2O4/c1-8-10(15)4-3-5-11(8)17-12(18)6-7-16-13(19)9(2)14(20)21/h3-5,9H,6-7H2,1-2H3,(H,16,19)(H,17,18)(H,20,21). The van der Waals surface area contributed by atoms with Crippen LogP contribution in [-0.4, -0.2) is 29.4 Å². The van der Waals surface area contributed by atoms with E-state index in [0.29, 0.717) is 10.7 Å². The Labute approximate surface area is 127 Å². The first-order valence-corrected chi connectivity index (χ1v) is 6.76. The van der Waals surface area contributed by atoms with Crippen molar-refractivity contribution in [1.29, 1.82) is 0 Å². The third-order valence-corrected chi connectivity index (χ3v) is 3.37. The van der Waals surface area contributed by atoms with E-state index in [1.54, 1.807) is 25.1 Å². The molecule has 1 atom stereocenters. The molecule has 0 spiro atoms. The highest BCUT2D eigenvalue weighted by Gasteiger charge is 2.19. The first-order chi connectivity index (χ1) is 9.82. The van der Waals surface area contributed by atoms with Crippen LogP contribution >= 0.6 is 11.6 Å². The zero-order chi connectivity index (χ0) is 16.0.